The number of nitriles is 1. The largest absolute Gasteiger partial charge is 0.490 e. The molecular weight excluding hydrogens is 384 g/mol. The molecule has 3 rings (SSSR count). The summed E-state index contributed by atoms with van der Waals surface area (Å²) in [4.78, 5) is 31.8. The van der Waals surface area contributed by atoms with Crippen LogP contribution >= 0.6 is 0 Å². The number of rotatable bonds is 7. The Hall–Kier alpha value is -3.67. The lowest BCUT2D eigenvalue weighted by Crippen LogP contribution is -2.33. The van der Waals surface area contributed by atoms with Gasteiger partial charge in [-0.05, 0) is 56.9 Å². The molecule has 0 radical (unpaired) electrons. The van der Waals surface area contributed by atoms with Gasteiger partial charge in [0.25, 0.3) is 5.91 Å². The summed E-state index contributed by atoms with van der Waals surface area (Å²) in [5.41, 5.74) is 11.4. The Morgan fingerprint density at radius 1 is 1.17 bits per heavy atom. The molecule has 1 aromatic heterocycles. The second kappa shape index (κ2) is 9.22. The molecule has 2 aromatic rings. The van der Waals surface area contributed by atoms with Gasteiger partial charge in [0.05, 0.1) is 17.7 Å². The van der Waals surface area contributed by atoms with Gasteiger partial charge in [0.15, 0.2) is 0 Å². The van der Waals surface area contributed by atoms with Gasteiger partial charge in [-0.3, -0.25) is 9.59 Å². The molecule has 0 spiro atoms. The quantitative estimate of drug-likeness (QED) is 0.630. The molecule has 1 heterocycles. The Bertz CT molecular complexity index is 962. The van der Waals surface area contributed by atoms with E-state index in [2.05, 4.69) is 21.4 Å². The number of hydrogen-bond donors (Lipinski definition) is 3. The molecule has 9 heteroatoms. The van der Waals surface area contributed by atoms with E-state index in [1.165, 1.54) is 6.07 Å². The minimum Gasteiger partial charge on any atom is -0.490 e. The number of nitrogens with zero attached hydrogens (tertiary/aromatic N) is 3. The summed E-state index contributed by atoms with van der Waals surface area (Å²) in [6.45, 7) is 1.61. The lowest BCUT2D eigenvalue weighted by atomic mass is 9.86. The smallest absolute Gasteiger partial charge is 0.267 e. The second-order valence-corrected chi connectivity index (χ2v) is 7.36. The monoisotopic (exact) mass is 408 g/mol. The number of benzene rings is 1. The van der Waals surface area contributed by atoms with Crippen LogP contribution in [-0.4, -0.2) is 33.9 Å². The highest BCUT2D eigenvalue weighted by Gasteiger charge is 2.27. The average Bonchev–Trinajstić information content (AvgIpc) is 2.74. The van der Waals surface area contributed by atoms with Crippen LogP contribution in [0.1, 0.15) is 60.4 Å². The first-order valence-corrected chi connectivity index (χ1v) is 9.77. The molecule has 0 unspecified atom stereocenters. The van der Waals surface area contributed by atoms with Crippen molar-refractivity contribution in [1.82, 2.24) is 9.97 Å². The van der Waals surface area contributed by atoms with Gasteiger partial charge in [0.1, 0.15) is 29.1 Å². The molecule has 9 nitrogen and oxygen atoms in total. The Morgan fingerprint density at radius 2 is 1.83 bits per heavy atom. The molecule has 0 aliphatic heterocycles. The predicted molar refractivity (Wildman–Crippen MR) is 110 cm³/mol. The summed E-state index contributed by atoms with van der Waals surface area (Å²) >= 11 is 0. The van der Waals surface area contributed by atoms with E-state index in [1.807, 2.05) is 0 Å². The molecule has 1 aromatic carbocycles. The third kappa shape index (κ3) is 5.23. The molecule has 1 aliphatic rings. The molecule has 1 atom stereocenters. The van der Waals surface area contributed by atoms with Gasteiger partial charge in [-0.15, -0.1) is 0 Å². The van der Waals surface area contributed by atoms with Gasteiger partial charge >= 0.3 is 0 Å². The standard InChI is InChI=1S/C21H24N6O3/c1-12(19(23)28)25-18-10-17(20(24)29)26-21(27-18)14-4-8-16(9-5-14)30-15-6-2-13(11-22)3-7-15/h2-3,6-7,10,12,14,16H,4-5,8-9H2,1H3,(H2,23,28)(H2,24,29)(H,25,26,27)/t12-,14?,16?/m0/s1. The molecular formula is C21H24N6O3. The van der Waals surface area contributed by atoms with Crippen LogP contribution in [0.5, 0.6) is 5.75 Å². The number of nitrogens with two attached hydrogens (primary N) is 2. The summed E-state index contributed by atoms with van der Waals surface area (Å²) < 4.78 is 6.02. The van der Waals surface area contributed by atoms with Gasteiger partial charge in [-0.2, -0.15) is 5.26 Å². The van der Waals surface area contributed by atoms with Crippen molar-refractivity contribution in [2.75, 3.05) is 5.32 Å². The fourth-order valence-corrected chi connectivity index (χ4v) is 3.38. The number of aromatic nitrogens is 2. The number of primary amides is 2. The van der Waals surface area contributed by atoms with Gasteiger partial charge in [-0.1, -0.05) is 0 Å². The van der Waals surface area contributed by atoms with Crippen molar-refractivity contribution in [3.63, 3.8) is 0 Å². The predicted octanol–water partition coefficient (Wildman–Crippen LogP) is 1.84. The highest BCUT2D eigenvalue weighted by molar-refractivity contribution is 5.91. The van der Waals surface area contributed by atoms with Crippen molar-refractivity contribution >= 4 is 17.6 Å². The van der Waals surface area contributed by atoms with E-state index in [4.69, 9.17) is 21.5 Å². The Balaban J connectivity index is 1.67. The normalized spacial score (nSPS) is 19.3. The van der Waals surface area contributed by atoms with Crippen molar-refractivity contribution in [3.05, 3.63) is 47.4 Å². The number of hydrogen-bond acceptors (Lipinski definition) is 7. The van der Waals surface area contributed by atoms with Crippen LogP contribution in [0.15, 0.2) is 30.3 Å². The molecule has 1 fully saturated rings. The summed E-state index contributed by atoms with van der Waals surface area (Å²) in [7, 11) is 0. The van der Waals surface area contributed by atoms with E-state index in [0.29, 0.717) is 17.2 Å². The summed E-state index contributed by atoms with van der Waals surface area (Å²) in [6, 6.07) is 9.90. The zero-order valence-corrected chi connectivity index (χ0v) is 16.7. The molecule has 1 saturated carbocycles. The number of carbonyl (C=O) groups is 2. The number of amides is 2. The van der Waals surface area contributed by atoms with Crippen LogP contribution in [0.3, 0.4) is 0 Å². The van der Waals surface area contributed by atoms with E-state index >= 15 is 0 Å². The minimum atomic E-state index is -0.661. The van der Waals surface area contributed by atoms with Crippen LogP contribution in [0, 0.1) is 11.3 Å². The van der Waals surface area contributed by atoms with E-state index < -0.39 is 17.9 Å². The van der Waals surface area contributed by atoms with Gasteiger partial charge in [0, 0.05) is 12.0 Å². The van der Waals surface area contributed by atoms with Crippen molar-refractivity contribution in [2.24, 2.45) is 11.5 Å². The zero-order valence-electron chi connectivity index (χ0n) is 16.7. The number of nitrogens with one attached hydrogen (secondary N) is 1. The van der Waals surface area contributed by atoms with E-state index in [-0.39, 0.29) is 17.7 Å². The third-order valence-electron chi connectivity index (χ3n) is 5.11. The van der Waals surface area contributed by atoms with Crippen LogP contribution in [0.25, 0.3) is 0 Å². The minimum absolute atomic E-state index is 0.0505. The van der Waals surface area contributed by atoms with Crippen molar-refractivity contribution in [3.8, 4) is 11.8 Å². The third-order valence-corrected chi connectivity index (χ3v) is 5.11. The van der Waals surface area contributed by atoms with Gasteiger partial charge in [0.2, 0.25) is 5.91 Å². The van der Waals surface area contributed by atoms with Gasteiger partial charge < -0.3 is 21.5 Å². The molecule has 0 saturated heterocycles. The van der Waals surface area contributed by atoms with Crippen LogP contribution in [-0.2, 0) is 4.79 Å². The van der Waals surface area contributed by atoms with Crippen LogP contribution in [0.2, 0.25) is 0 Å². The topological polar surface area (TPSA) is 157 Å². The van der Waals surface area contributed by atoms with Crippen LogP contribution < -0.4 is 21.5 Å². The lowest BCUT2D eigenvalue weighted by molar-refractivity contribution is -0.118. The highest BCUT2D eigenvalue weighted by Crippen LogP contribution is 2.33. The van der Waals surface area contributed by atoms with E-state index in [9.17, 15) is 9.59 Å². The number of carbonyl (C=O) groups excluding carboxylic acids is 2. The maximum absolute atomic E-state index is 11.7. The number of ether oxygens (including phenoxy) is 1. The van der Waals surface area contributed by atoms with Crippen molar-refractivity contribution < 1.29 is 14.3 Å². The Kier molecular flexibility index (Phi) is 6.47. The summed E-state index contributed by atoms with van der Waals surface area (Å²) in [6.07, 6.45) is 3.23. The molecule has 0 bridgehead atoms. The summed E-state index contributed by atoms with van der Waals surface area (Å²) in [5.74, 6) is 0.451. The fraction of sp³-hybridized carbons (Fsp3) is 0.381. The maximum Gasteiger partial charge on any atom is 0.267 e. The molecule has 5 N–H and O–H groups in total. The average molecular weight is 408 g/mol. The zero-order chi connectivity index (χ0) is 21.7. The van der Waals surface area contributed by atoms with Crippen LogP contribution in [0.4, 0.5) is 5.82 Å². The van der Waals surface area contributed by atoms with Crippen molar-refractivity contribution in [2.45, 2.75) is 50.7 Å². The van der Waals surface area contributed by atoms with E-state index in [0.717, 1.165) is 31.4 Å². The lowest BCUT2D eigenvalue weighted by Gasteiger charge is -2.28. The number of anilines is 1. The first kappa shape index (κ1) is 21.0. The molecule has 30 heavy (non-hydrogen) atoms. The highest BCUT2D eigenvalue weighted by atomic mass is 16.5. The molecule has 2 amide bonds. The second-order valence-electron chi connectivity index (χ2n) is 7.36. The molecule has 156 valence electrons. The van der Waals surface area contributed by atoms with Crippen molar-refractivity contribution in [1.29, 1.82) is 5.26 Å². The van der Waals surface area contributed by atoms with E-state index in [1.54, 1.807) is 31.2 Å². The van der Waals surface area contributed by atoms with Gasteiger partial charge in [-0.25, -0.2) is 9.97 Å². The SMILES string of the molecule is C[C@H](Nc1cc(C(N)=O)nc(C2CCC(Oc3ccc(C#N)cc3)CC2)n1)C(N)=O. The fourth-order valence-electron chi connectivity index (χ4n) is 3.38. The first-order valence-electron chi connectivity index (χ1n) is 9.77. The molecule has 1 aliphatic carbocycles. The first-order chi connectivity index (χ1) is 14.4. The summed E-state index contributed by atoms with van der Waals surface area (Å²) in [5, 5.41) is 11.8. The Labute approximate surface area is 174 Å². The Morgan fingerprint density at radius 3 is 2.40 bits per heavy atom. The maximum atomic E-state index is 11.7.